The Morgan fingerprint density at radius 1 is 1.08 bits per heavy atom. The van der Waals surface area contributed by atoms with Gasteiger partial charge in [0.1, 0.15) is 4.92 Å². The quantitative estimate of drug-likeness (QED) is 0.618. The fraction of sp³-hybridized carbons (Fsp3) is 0.333. The maximum absolute atomic E-state index is 12.7. The van der Waals surface area contributed by atoms with E-state index in [-0.39, 0.29) is 17.6 Å². The lowest BCUT2D eigenvalue weighted by Gasteiger charge is -2.41. The van der Waals surface area contributed by atoms with Gasteiger partial charge in [0.05, 0.1) is 12.0 Å². The summed E-state index contributed by atoms with van der Waals surface area (Å²) in [6.07, 6.45) is 0.841. The van der Waals surface area contributed by atoms with Crippen molar-refractivity contribution in [3.63, 3.8) is 0 Å². The van der Waals surface area contributed by atoms with Crippen LogP contribution in [0.5, 0.6) is 0 Å². The number of likely N-dealkylation sites (tertiary alicyclic amines) is 1. The lowest BCUT2D eigenvalue weighted by atomic mass is 9.94. The Morgan fingerprint density at radius 2 is 1.81 bits per heavy atom. The number of benzene rings is 1. The molecule has 1 saturated heterocycles. The summed E-state index contributed by atoms with van der Waals surface area (Å²) in [5, 5.41) is 10.6. The van der Waals surface area contributed by atoms with Gasteiger partial charge in [0.25, 0.3) is 5.91 Å². The van der Waals surface area contributed by atoms with Crippen LogP contribution in [-0.4, -0.2) is 46.2 Å². The largest absolute Gasteiger partial charge is 0.433 e. The molecule has 1 aromatic heterocycles. The van der Waals surface area contributed by atoms with E-state index in [0.717, 1.165) is 12.5 Å². The van der Waals surface area contributed by atoms with Crippen LogP contribution in [-0.2, 0) is 17.8 Å². The molecule has 0 unspecified atom stereocenters. The third-order valence-corrected chi connectivity index (χ3v) is 4.94. The molecule has 1 fully saturated rings. The number of fused-ring (bicyclic) bond motifs is 1. The summed E-state index contributed by atoms with van der Waals surface area (Å²) >= 11 is 0. The van der Waals surface area contributed by atoms with E-state index >= 15 is 0 Å². The van der Waals surface area contributed by atoms with E-state index in [1.54, 1.807) is 0 Å². The molecule has 0 bridgehead atoms. The number of carbonyl (C=O) groups excluding carboxylic acids is 2. The third-order valence-electron chi connectivity index (χ3n) is 4.94. The number of hydrogen-bond donors (Lipinski definition) is 0. The highest BCUT2D eigenvalue weighted by atomic mass is 16.6. The van der Waals surface area contributed by atoms with Gasteiger partial charge in [-0.05, 0) is 23.6 Å². The molecule has 0 radical (unpaired) electrons. The molecule has 134 valence electrons. The fourth-order valence-electron chi connectivity index (χ4n) is 3.44. The van der Waals surface area contributed by atoms with Crippen molar-refractivity contribution in [3.8, 4) is 0 Å². The molecule has 0 atom stereocenters. The summed E-state index contributed by atoms with van der Waals surface area (Å²) in [5.41, 5.74) is 2.45. The maximum atomic E-state index is 12.7. The van der Waals surface area contributed by atoms with Crippen molar-refractivity contribution in [2.45, 2.75) is 13.0 Å². The Kier molecular flexibility index (Phi) is 3.95. The van der Waals surface area contributed by atoms with E-state index in [2.05, 4.69) is 6.07 Å². The van der Waals surface area contributed by atoms with Crippen molar-refractivity contribution in [3.05, 3.63) is 63.4 Å². The zero-order valence-electron chi connectivity index (χ0n) is 14.0. The monoisotopic (exact) mass is 355 g/mol. The van der Waals surface area contributed by atoms with E-state index in [1.165, 1.54) is 22.1 Å². The minimum atomic E-state index is -0.687. The van der Waals surface area contributed by atoms with Crippen molar-refractivity contribution in [2.75, 3.05) is 19.6 Å². The number of hydrogen-bond acceptors (Lipinski definition) is 5. The van der Waals surface area contributed by atoms with Crippen molar-refractivity contribution in [1.82, 2.24) is 9.80 Å². The number of rotatable bonds is 3. The molecule has 3 heterocycles. The van der Waals surface area contributed by atoms with Crippen LogP contribution in [0.1, 0.15) is 21.7 Å². The second-order valence-electron chi connectivity index (χ2n) is 6.58. The Labute approximate surface area is 149 Å². The second kappa shape index (κ2) is 6.29. The van der Waals surface area contributed by atoms with Crippen LogP contribution in [0, 0.1) is 16.0 Å². The fourth-order valence-corrected chi connectivity index (χ4v) is 3.44. The summed E-state index contributed by atoms with van der Waals surface area (Å²) in [7, 11) is 0. The topological polar surface area (TPSA) is 96.9 Å². The van der Waals surface area contributed by atoms with Gasteiger partial charge in [0, 0.05) is 26.2 Å². The van der Waals surface area contributed by atoms with Crippen molar-refractivity contribution < 1.29 is 18.9 Å². The molecule has 0 spiro atoms. The van der Waals surface area contributed by atoms with Gasteiger partial charge >= 0.3 is 5.88 Å². The van der Waals surface area contributed by atoms with Crippen LogP contribution in [0.3, 0.4) is 0 Å². The molecule has 0 N–H and O–H groups in total. The summed E-state index contributed by atoms with van der Waals surface area (Å²) in [6.45, 7) is 1.91. The SMILES string of the molecule is O=C(c1ccc([N+](=O)[O-])o1)N1CC(C(=O)N2CCc3ccccc3C2)C1. The van der Waals surface area contributed by atoms with Gasteiger partial charge < -0.3 is 14.2 Å². The number of carbonyl (C=O) groups is 2. The van der Waals surface area contributed by atoms with E-state index < -0.39 is 16.7 Å². The molecular formula is C18H17N3O5. The standard InChI is InChI=1S/C18H17N3O5/c22-17(19-8-7-12-3-1-2-4-13(12)9-19)14-10-20(11-14)18(23)15-5-6-16(26-15)21(24)25/h1-6,14H,7-11H2. The van der Waals surface area contributed by atoms with Crippen LogP contribution >= 0.6 is 0 Å². The predicted octanol–water partition coefficient (Wildman–Crippen LogP) is 1.84. The molecular weight excluding hydrogens is 338 g/mol. The number of nitrogens with zero attached hydrogens (tertiary/aromatic N) is 3. The molecule has 0 aliphatic carbocycles. The number of amides is 2. The average molecular weight is 355 g/mol. The minimum absolute atomic E-state index is 0.0500. The van der Waals surface area contributed by atoms with Crippen LogP contribution in [0.2, 0.25) is 0 Å². The van der Waals surface area contributed by atoms with E-state index in [9.17, 15) is 19.7 Å². The second-order valence-corrected chi connectivity index (χ2v) is 6.58. The molecule has 8 heteroatoms. The molecule has 0 saturated carbocycles. The normalized spacial score (nSPS) is 16.8. The molecule has 8 nitrogen and oxygen atoms in total. The first kappa shape index (κ1) is 16.3. The van der Waals surface area contributed by atoms with Crippen molar-refractivity contribution in [1.29, 1.82) is 0 Å². The molecule has 26 heavy (non-hydrogen) atoms. The first-order valence-corrected chi connectivity index (χ1v) is 8.42. The minimum Gasteiger partial charge on any atom is -0.395 e. The number of furan rings is 1. The first-order valence-electron chi connectivity index (χ1n) is 8.42. The van der Waals surface area contributed by atoms with Gasteiger partial charge in [-0.15, -0.1) is 0 Å². The predicted molar refractivity (Wildman–Crippen MR) is 90.3 cm³/mol. The van der Waals surface area contributed by atoms with Crippen LogP contribution in [0.25, 0.3) is 0 Å². The first-order chi connectivity index (χ1) is 12.5. The summed E-state index contributed by atoms with van der Waals surface area (Å²) < 4.78 is 4.93. The van der Waals surface area contributed by atoms with E-state index in [1.807, 2.05) is 23.1 Å². The molecule has 4 rings (SSSR count). The average Bonchev–Trinajstić information content (AvgIpc) is 3.10. The van der Waals surface area contributed by atoms with Crippen LogP contribution < -0.4 is 0 Å². The van der Waals surface area contributed by atoms with Crippen molar-refractivity contribution in [2.24, 2.45) is 5.92 Å². The highest BCUT2D eigenvalue weighted by Gasteiger charge is 2.39. The molecule has 2 amide bonds. The Bertz CT molecular complexity index is 884. The van der Waals surface area contributed by atoms with Gasteiger partial charge in [-0.3, -0.25) is 19.7 Å². The summed E-state index contributed by atoms with van der Waals surface area (Å²) in [5.74, 6) is -1.14. The highest BCUT2D eigenvalue weighted by Crippen LogP contribution is 2.26. The van der Waals surface area contributed by atoms with Gasteiger partial charge in [0.15, 0.2) is 5.76 Å². The Morgan fingerprint density at radius 3 is 2.50 bits per heavy atom. The van der Waals surface area contributed by atoms with Gasteiger partial charge in [-0.25, -0.2) is 0 Å². The Balaban J connectivity index is 1.35. The van der Waals surface area contributed by atoms with Crippen LogP contribution in [0.4, 0.5) is 5.88 Å². The summed E-state index contributed by atoms with van der Waals surface area (Å²) in [4.78, 5) is 38.2. The molecule has 2 aliphatic heterocycles. The zero-order valence-corrected chi connectivity index (χ0v) is 14.0. The number of nitro groups is 1. The lowest BCUT2D eigenvalue weighted by Crippen LogP contribution is -2.56. The Hall–Kier alpha value is -3.16. The van der Waals surface area contributed by atoms with Crippen LogP contribution in [0.15, 0.2) is 40.8 Å². The summed E-state index contributed by atoms with van der Waals surface area (Å²) in [6, 6.07) is 10.5. The van der Waals surface area contributed by atoms with Crippen molar-refractivity contribution >= 4 is 17.7 Å². The third kappa shape index (κ3) is 2.83. The lowest BCUT2D eigenvalue weighted by molar-refractivity contribution is -0.402. The van der Waals surface area contributed by atoms with Gasteiger partial charge in [0.2, 0.25) is 5.91 Å². The molecule has 2 aliphatic rings. The van der Waals surface area contributed by atoms with Gasteiger partial charge in [-0.2, -0.15) is 0 Å². The van der Waals surface area contributed by atoms with Gasteiger partial charge in [-0.1, -0.05) is 24.3 Å². The maximum Gasteiger partial charge on any atom is 0.433 e. The highest BCUT2D eigenvalue weighted by molar-refractivity contribution is 5.94. The van der Waals surface area contributed by atoms with E-state index in [0.29, 0.717) is 26.2 Å². The molecule has 1 aromatic carbocycles. The zero-order chi connectivity index (χ0) is 18.3. The molecule has 2 aromatic rings. The van der Waals surface area contributed by atoms with E-state index in [4.69, 9.17) is 4.42 Å². The smallest absolute Gasteiger partial charge is 0.395 e.